The molecule has 0 amide bonds. The van der Waals surface area contributed by atoms with Crippen molar-refractivity contribution in [3.05, 3.63) is 53.9 Å². The van der Waals surface area contributed by atoms with Gasteiger partial charge in [0.1, 0.15) is 5.82 Å². The first-order valence-corrected chi connectivity index (χ1v) is 7.30. The number of aromatic nitrogens is 2. The third-order valence-electron chi connectivity index (χ3n) is 3.84. The molecule has 0 bridgehead atoms. The van der Waals surface area contributed by atoms with Crippen molar-refractivity contribution in [1.82, 2.24) is 14.9 Å². The zero-order valence-corrected chi connectivity index (χ0v) is 13.2. The molecule has 1 N–H and O–H groups in total. The lowest BCUT2D eigenvalue weighted by Crippen LogP contribution is -2.43. The highest BCUT2D eigenvalue weighted by Crippen LogP contribution is 2.21. The van der Waals surface area contributed by atoms with Crippen LogP contribution in [0.4, 0.5) is 4.39 Å². The van der Waals surface area contributed by atoms with E-state index in [1.165, 1.54) is 6.07 Å². The number of rotatable bonds is 5. The van der Waals surface area contributed by atoms with Gasteiger partial charge in [0.25, 0.3) is 0 Å². The Morgan fingerprint density at radius 1 is 1.33 bits per heavy atom. The lowest BCUT2D eigenvalue weighted by atomic mass is 9.86. The third kappa shape index (κ3) is 4.39. The fourth-order valence-electron chi connectivity index (χ4n) is 2.34. The summed E-state index contributed by atoms with van der Waals surface area (Å²) in [6.45, 7) is 10.2. The second kappa shape index (κ2) is 6.39. The van der Waals surface area contributed by atoms with E-state index in [0.717, 1.165) is 24.2 Å². The first kappa shape index (κ1) is 15.7. The summed E-state index contributed by atoms with van der Waals surface area (Å²) in [7, 11) is 0. The molecule has 0 aliphatic carbocycles. The maximum Gasteiger partial charge on any atom is 0.123 e. The summed E-state index contributed by atoms with van der Waals surface area (Å²) in [5.41, 5.74) is 2.24. The van der Waals surface area contributed by atoms with E-state index in [9.17, 15) is 4.39 Å². The summed E-state index contributed by atoms with van der Waals surface area (Å²) >= 11 is 0. The molecule has 0 radical (unpaired) electrons. The van der Waals surface area contributed by atoms with Crippen LogP contribution in [0.15, 0.2) is 36.9 Å². The van der Waals surface area contributed by atoms with Crippen LogP contribution in [-0.2, 0) is 13.1 Å². The van der Waals surface area contributed by atoms with Crippen molar-refractivity contribution in [3.63, 3.8) is 0 Å². The van der Waals surface area contributed by atoms with Crippen LogP contribution in [0.25, 0.3) is 0 Å². The predicted octanol–water partition coefficient (Wildman–Crippen LogP) is 3.54. The summed E-state index contributed by atoms with van der Waals surface area (Å²) in [6, 6.07) is 5.26. The van der Waals surface area contributed by atoms with Gasteiger partial charge in [-0.25, -0.2) is 9.37 Å². The molecule has 0 aliphatic heterocycles. The first-order valence-electron chi connectivity index (χ1n) is 7.30. The minimum Gasteiger partial charge on any atom is -0.336 e. The number of hydrogen-bond acceptors (Lipinski definition) is 2. The first-order chi connectivity index (χ1) is 9.86. The molecule has 0 fully saturated rings. The van der Waals surface area contributed by atoms with Crippen LogP contribution >= 0.6 is 0 Å². The number of halogens is 1. The lowest BCUT2D eigenvalue weighted by molar-refractivity contribution is 0.240. The number of hydrogen-bond donors (Lipinski definition) is 1. The van der Waals surface area contributed by atoms with Crippen LogP contribution in [-0.4, -0.2) is 15.6 Å². The molecular formula is C17H24FN3. The van der Waals surface area contributed by atoms with Crippen molar-refractivity contribution < 1.29 is 4.39 Å². The molecule has 2 rings (SSSR count). The van der Waals surface area contributed by atoms with Crippen molar-refractivity contribution in [2.24, 2.45) is 5.41 Å². The average molecular weight is 289 g/mol. The molecule has 114 valence electrons. The summed E-state index contributed by atoms with van der Waals surface area (Å²) in [4.78, 5) is 4.09. The highest BCUT2D eigenvalue weighted by molar-refractivity contribution is 5.26. The van der Waals surface area contributed by atoms with Crippen LogP contribution in [0, 0.1) is 18.2 Å². The quantitative estimate of drug-likeness (QED) is 0.912. The molecule has 1 atom stereocenters. The number of nitrogens with one attached hydrogen (secondary N) is 1. The summed E-state index contributed by atoms with van der Waals surface area (Å²) in [5.74, 6) is -0.179. The Morgan fingerprint density at radius 3 is 2.67 bits per heavy atom. The maximum absolute atomic E-state index is 13.2. The van der Waals surface area contributed by atoms with Gasteiger partial charge in [0.05, 0.1) is 6.33 Å². The molecule has 2 aromatic rings. The van der Waals surface area contributed by atoms with Crippen LogP contribution in [0.2, 0.25) is 0 Å². The molecule has 0 aliphatic rings. The van der Waals surface area contributed by atoms with E-state index in [1.807, 2.05) is 25.5 Å². The van der Waals surface area contributed by atoms with Crippen molar-refractivity contribution in [3.8, 4) is 0 Å². The van der Waals surface area contributed by atoms with Crippen LogP contribution in [0.3, 0.4) is 0 Å². The Balaban J connectivity index is 2.05. The van der Waals surface area contributed by atoms with Gasteiger partial charge in [-0.05, 0) is 35.6 Å². The van der Waals surface area contributed by atoms with Gasteiger partial charge in [-0.3, -0.25) is 0 Å². The number of aryl methyl sites for hydroxylation is 1. The number of imidazole rings is 1. The molecule has 3 nitrogen and oxygen atoms in total. The van der Waals surface area contributed by atoms with Crippen LogP contribution in [0.5, 0.6) is 0 Å². The van der Waals surface area contributed by atoms with Gasteiger partial charge < -0.3 is 9.88 Å². The van der Waals surface area contributed by atoms with Crippen molar-refractivity contribution in [1.29, 1.82) is 0 Å². The van der Waals surface area contributed by atoms with E-state index in [-0.39, 0.29) is 11.2 Å². The maximum atomic E-state index is 13.2. The average Bonchev–Trinajstić information content (AvgIpc) is 2.87. The Labute approximate surface area is 126 Å². The van der Waals surface area contributed by atoms with Gasteiger partial charge >= 0.3 is 0 Å². The summed E-state index contributed by atoms with van der Waals surface area (Å²) < 4.78 is 15.2. The molecule has 1 unspecified atom stereocenters. The second-order valence-corrected chi connectivity index (χ2v) is 6.63. The van der Waals surface area contributed by atoms with Crippen molar-refractivity contribution >= 4 is 0 Å². The highest BCUT2D eigenvalue weighted by Gasteiger charge is 2.24. The van der Waals surface area contributed by atoms with Gasteiger partial charge in [-0.2, -0.15) is 0 Å². The molecule has 21 heavy (non-hydrogen) atoms. The fourth-order valence-corrected chi connectivity index (χ4v) is 2.34. The summed E-state index contributed by atoms with van der Waals surface area (Å²) in [5, 5.41) is 3.60. The Kier molecular flexibility index (Phi) is 4.78. The molecule has 1 heterocycles. The van der Waals surface area contributed by atoms with E-state index in [0.29, 0.717) is 6.04 Å². The minimum atomic E-state index is -0.179. The fraction of sp³-hybridized carbons (Fsp3) is 0.471. The van der Waals surface area contributed by atoms with E-state index in [2.05, 4.69) is 35.6 Å². The molecular weight excluding hydrogens is 265 g/mol. The molecule has 4 heteroatoms. The van der Waals surface area contributed by atoms with Crippen LogP contribution in [0.1, 0.15) is 31.9 Å². The number of nitrogens with zero attached hydrogens (tertiary/aromatic N) is 2. The standard InChI is InChI=1S/C17H24FN3/c1-13-9-15(18)6-5-14(13)10-20-16(17(2,3)4)11-21-8-7-19-12-21/h5-9,12,16,20H,10-11H2,1-4H3. The van der Waals surface area contributed by atoms with Crippen LogP contribution < -0.4 is 5.32 Å². The number of benzene rings is 1. The van der Waals surface area contributed by atoms with E-state index < -0.39 is 0 Å². The Morgan fingerprint density at radius 2 is 2.10 bits per heavy atom. The van der Waals surface area contributed by atoms with E-state index in [1.54, 1.807) is 12.3 Å². The lowest BCUT2D eigenvalue weighted by Gasteiger charge is -2.32. The van der Waals surface area contributed by atoms with Gasteiger partial charge in [0.2, 0.25) is 0 Å². The minimum absolute atomic E-state index is 0.123. The summed E-state index contributed by atoms with van der Waals surface area (Å²) in [6.07, 6.45) is 5.61. The zero-order valence-electron chi connectivity index (χ0n) is 13.2. The molecule has 0 saturated carbocycles. The van der Waals surface area contributed by atoms with Gasteiger partial charge in [-0.15, -0.1) is 0 Å². The van der Waals surface area contributed by atoms with E-state index >= 15 is 0 Å². The highest BCUT2D eigenvalue weighted by atomic mass is 19.1. The topological polar surface area (TPSA) is 29.9 Å². The predicted molar refractivity (Wildman–Crippen MR) is 83.4 cm³/mol. The molecule has 0 saturated heterocycles. The molecule has 0 spiro atoms. The molecule has 1 aromatic carbocycles. The zero-order chi connectivity index (χ0) is 15.5. The molecule has 1 aromatic heterocycles. The van der Waals surface area contributed by atoms with Crippen molar-refractivity contribution in [2.45, 2.75) is 46.8 Å². The monoisotopic (exact) mass is 289 g/mol. The SMILES string of the molecule is Cc1cc(F)ccc1CNC(Cn1ccnc1)C(C)(C)C. The van der Waals surface area contributed by atoms with Gasteiger partial charge in [0, 0.05) is 31.5 Å². The van der Waals surface area contributed by atoms with Gasteiger partial charge in [0.15, 0.2) is 0 Å². The smallest absolute Gasteiger partial charge is 0.123 e. The van der Waals surface area contributed by atoms with E-state index in [4.69, 9.17) is 0 Å². The van der Waals surface area contributed by atoms with Crippen molar-refractivity contribution in [2.75, 3.05) is 0 Å². The Bertz CT molecular complexity index is 570. The van der Waals surface area contributed by atoms with Gasteiger partial charge in [-0.1, -0.05) is 26.8 Å². The third-order valence-corrected chi connectivity index (χ3v) is 3.84. The second-order valence-electron chi connectivity index (χ2n) is 6.63. The Hall–Kier alpha value is -1.68. The largest absolute Gasteiger partial charge is 0.336 e. The normalized spacial score (nSPS) is 13.4.